The molecule has 1 aliphatic rings. The van der Waals surface area contributed by atoms with Crippen molar-refractivity contribution in [3.63, 3.8) is 0 Å². The number of carbonyl (C=O) groups is 2. The van der Waals surface area contributed by atoms with E-state index in [0.717, 1.165) is 0 Å². The Morgan fingerprint density at radius 2 is 1.89 bits per heavy atom. The third kappa shape index (κ3) is 3.84. The van der Waals surface area contributed by atoms with Crippen molar-refractivity contribution >= 4 is 40.9 Å². The van der Waals surface area contributed by atoms with E-state index in [-0.39, 0.29) is 17.3 Å². The van der Waals surface area contributed by atoms with Crippen molar-refractivity contribution < 1.29 is 19.1 Å². The number of nitriles is 1. The van der Waals surface area contributed by atoms with Crippen LogP contribution in [0.15, 0.2) is 54.1 Å². The lowest BCUT2D eigenvalue weighted by Crippen LogP contribution is -2.54. The largest absolute Gasteiger partial charge is 0.497 e. The zero-order valence-electron chi connectivity index (χ0n) is 14.8. The smallest absolute Gasteiger partial charge is 0.270 e. The van der Waals surface area contributed by atoms with Gasteiger partial charge >= 0.3 is 0 Å². The molecule has 0 radical (unpaired) electrons. The maximum Gasteiger partial charge on any atom is 0.270 e. The minimum atomic E-state index is -0.602. The number of nitrogens with one attached hydrogen (secondary N) is 1. The number of amides is 2. The van der Waals surface area contributed by atoms with Gasteiger partial charge in [0, 0.05) is 5.56 Å². The standard InChI is InChI=1S/C20H15N3O4S/c1-26-15-8-6-14(7-9-15)23-19(25)16(18(24)22-20(23)28)12-13-4-2-3-5-17(13)27-11-10-21/h2-9,12H,11H2,1H3,(H,22,24,28). The summed E-state index contributed by atoms with van der Waals surface area (Å²) in [5, 5.41) is 11.2. The molecule has 1 fully saturated rings. The molecule has 2 aromatic carbocycles. The first-order valence-electron chi connectivity index (χ1n) is 8.19. The van der Waals surface area contributed by atoms with E-state index >= 15 is 0 Å². The summed E-state index contributed by atoms with van der Waals surface area (Å²) in [4.78, 5) is 26.6. The maximum absolute atomic E-state index is 13.0. The third-order valence-electron chi connectivity index (χ3n) is 3.94. The average Bonchev–Trinajstić information content (AvgIpc) is 2.70. The number of hydrogen-bond acceptors (Lipinski definition) is 6. The molecule has 0 unspecified atom stereocenters. The van der Waals surface area contributed by atoms with Crippen LogP contribution in [-0.4, -0.2) is 30.6 Å². The van der Waals surface area contributed by atoms with Gasteiger partial charge in [-0.15, -0.1) is 0 Å². The van der Waals surface area contributed by atoms with Gasteiger partial charge in [-0.05, 0) is 48.6 Å². The van der Waals surface area contributed by atoms with Gasteiger partial charge in [-0.25, -0.2) is 0 Å². The molecule has 0 aromatic heterocycles. The van der Waals surface area contributed by atoms with Crippen molar-refractivity contribution in [3.05, 3.63) is 59.7 Å². The predicted octanol–water partition coefficient (Wildman–Crippen LogP) is 2.43. The number of hydrogen-bond donors (Lipinski definition) is 1. The summed E-state index contributed by atoms with van der Waals surface area (Å²) >= 11 is 5.18. The van der Waals surface area contributed by atoms with E-state index < -0.39 is 11.8 Å². The fourth-order valence-electron chi connectivity index (χ4n) is 2.62. The van der Waals surface area contributed by atoms with Crippen LogP contribution in [0.4, 0.5) is 5.69 Å². The Balaban J connectivity index is 1.98. The van der Waals surface area contributed by atoms with Crippen LogP contribution < -0.4 is 19.7 Å². The Morgan fingerprint density at radius 3 is 2.57 bits per heavy atom. The van der Waals surface area contributed by atoms with Gasteiger partial charge in [-0.1, -0.05) is 18.2 Å². The molecular weight excluding hydrogens is 378 g/mol. The molecule has 28 heavy (non-hydrogen) atoms. The highest BCUT2D eigenvalue weighted by Crippen LogP contribution is 2.26. The molecule has 0 spiro atoms. The van der Waals surface area contributed by atoms with Crippen LogP contribution in [0.5, 0.6) is 11.5 Å². The van der Waals surface area contributed by atoms with E-state index in [1.807, 2.05) is 6.07 Å². The molecule has 2 aromatic rings. The summed E-state index contributed by atoms with van der Waals surface area (Å²) in [6, 6.07) is 15.4. The number of nitrogens with zero attached hydrogens (tertiary/aromatic N) is 2. The first-order valence-corrected chi connectivity index (χ1v) is 8.60. The van der Waals surface area contributed by atoms with Gasteiger partial charge in [-0.2, -0.15) is 5.26 Å². The second-order valence-electron chi connectivity index (χ2n) is 5.64. The van der Waals surface area contributed by atoms with Crippen LogP contribution in [0, 0.1) is 11.3 Å². The summed E-state index contributed by atoms with van der Waals surface area (Å²) < 4.78 is 10.5. The fraction of sp³-hybridized carbons (Fsp3) is 0.100. The maximum atomic E-state index is 13.0. The van der Waals surface area contributed by atoms with Crippen LogP contribution in [0.1, 0.15) is 5.56 Å². The Kier molecular flexibility index (Phi) is 5.67. The lowest BCUT2D eigenvalue weighted by molar-refractivity contribution is -0.122. The second-order valence-corrected chi connectivity index (χ2v) is 6.03. The molecule has 0 aliphatic carbocycles. The van der Waals surface area contributed by atoms with Crippen molar-refractivity contribution in [2.45, 2.75) is 0 Å². The number of carbonyl (C=O) groups excluding carboxylic acids is 2. The highest BCUT2D eigenvalue weighted by atomic mass is 32.1. The molecular formula is C20H15N3O4S. The molecule has 0 bridgehead atoms. The minimum Gasteiger partial charge on any atom is -0.497 e. The topological polar surface area (TPSA) is 91.7 Å². The molecule has 140 valence electrons. The number of ether oxygens (including phenoxy) is 2. The molecule has 0 saturated carbocycles. The first-order chi connectivity index (χ1) is 13.5. The SMILES string of the molecule is COc1ccc(N2C(=O)C(=Cc3ccccc3OCC#N)C(=O)NC2=S)cc1. The van der Waals surface area contributed by atoms with Crippen LogP contribution in [0.2, 0.25) is 0 Å². The predicted molar refractivity (Wildman–Crippen MR) is 107 cm³/mol. The summed E-state index contributed by atoms with van der Waals surface area (Å²) in [7, 11) is 1.54. The van der Waals surface area contributed by atoms with E-state index in [9.17, 15) is 9.59 Å². The first kappa shape index (κ1) is 19.1. The van der Waals surface area contributed by atoms with Crippen LogP contribution in [0.25, 0.3) is 6.08 Å². The molecule has 3 rings (SSSR count). The van der Waals surface area contributed by atoms with Crippen LogP contribution in [0.3, 0.4) is 0 Å². The number of thiocarbonyl (C=S) groups is 1. The molecule has 1 saturated heterocycles. The number of benzene rings is 2. The van der Waals surface area contributed by atoms with Gasteiger partial charge in [0.2, 0.25) is 0 Å². The van der Waals surface area contributed by atoms with Crippen molar-refractivity contribution in [3.8, 4) is 17.6 Å². The molecule has 1 heterocycles. The van der Waals surface area contributed by atoms with E-state index in [1.54, 1.807) is 55.6 Å². The highest BCUT2D eigenvalue weighted by Gasteiger charge is 2.34. The van der Waals surface area contributed by atoms with Gasteiger partial charge in [-0.3, -0.25) is 19.8 Å². The average molecular weight is 393 g/mol. The molecule has 7 nitrogen and oxygen atoms in total. The third-order valence-corrected chi connectivity index (χ3v) is 4.23. The van der Waals surface area contributed by atoms with Crippen molar-refractivity contribution in [1.82, 2.24) is 5.32 Å². The molecule has 2 amide bonds. The van der Waals surface area contributed by atoms with E-state index in [2.05, 4.69) is 5.32 Å². The monoisotopic (exact) mass is 393 g/mol. The summed E-state index contributed by atoms with van der Waals surface area (Å²) in [6.45, 7) is -0.150. The van der Waals surface area contributed by atoms with E-state index in [0.29, 0.717) is 22.7 Å². The van der Waals surface area contributed by atoms with Gasteiger partial charge < -0.3 is 9.47 Å². The van der Waals surface area contributed by atoms with Crippen LogP contribution >= 0.6 is 12.2 Å². The number of methoxy groups -OCH3 is 1. The quantitative estimate of drug-likeness (QED) is 0.477. The summed E-state index contributed by atoms with van der Waals surface area (Å²) in [6.07, 6.45) is 1.42. The Hall–Kier alpha value is -3.70. The molecule has 8 heteroatoms. The molecule has 1 N–H and O–H groups in total. The van der Waals surface area contributed by atoms with E-state index in [1.165, 1.54) is 11.0 Å². The van der Waals surface area contributed by atoms with Gasteiger partial charge in [0.1, 0.15) is 23.1 Å². The van der Waals surface area contributed by atoms with E-state index in [4.69, 9.17) is 27.0 Å². The van der Waals surface area contributed by atoms with Crippen molar-refractivity contribution in [2.24, 2.45) is 0 Å². The summed E-state index contributed by atoms with van der Waals surface area (Å²) in [5.41, 5.74) is 0.895. The Bertz CT molecular complexity index is 1010. The lowest BCUT2D eigenvalue weighted by atomic mass is 10.1. The van der Waals surface area contributed by atoms with Gasteiger partial charge in [0.05, 0.1) is 12.8 Å². The van der Waals surface area contributed by atoms with Crippen molar-refractivity contribution in [1.29, 1.82) is 5.26 Å². The zero-order valence-corrected chi connectivity index (χ0v) is 15.7. The number of anilines is 1. The minimum absolute atomic E-state index is 0.00803. The molecule has 1 aliphatic heterocycles. The number of rotatable bonds is 5. The fourth-order valence-corrected chi connectivity index (χ4v) is 2.90. The lowest BCUT2D eigenvalue weighted by Gasteiger charge is -2.29. The van der Waals surface area contributed by atoms with Gasteiger partial charge in [0.15, 0.2) is 11.7 Å². The van der Waals surface area contributed by atoms with Crippen molar-refractivity contribution in [2.75, 3.05) is 18.6 Å². The highest BCUT2D eigenvalue weighted by molar-refractivity contribution is 7.80. The number of para-hydroxylation sites is 1. The zero-order chi connectivity index (χ0) is 20.1. The molecule has 0 atom stereocenters. The Labute approximate surface area is 166 Å². The second kappa shape index (κ2) is 8.33. The normalized spacial score (nSPS) is 15.2. The van der Waals surface area contributed by atoms with Gasteiger partial charge in [0.25, 0.3) is 11.8 Å². The Morgan fingerprint density at radius 1 is 1.18 bits per heavy atom. The van der Waals surface area contributed by atoms with Crippen LogP contribution in [-0.2, 0) is 9.59 Å². The summed E-state index contributed by atoms with van der Waals surface area (Å²) in [5.74, 6) is -0.146.